The number of hydrogen-bond donors (Lipinski definition) is 1. The molecule has 1 aliphatic carbocycles. The maximum absolute atomic E-state index is 10.8. The smallest absolute Gasteiger partial charge is 0.126 e. The van der Waals surface area contributed by atoms with Gasteiger partial charge in [0.05, 0.1) is 0 Å². The predicted octanol–water partition coefficient (Wildman–Crippen LogP) is 2.52. The number of carbonyl (C=O) groups is 1. The van der Waals surface area contributed by atoms with Crippen LogP contribution in [0.25, 0.3) is 0 Å². The van der Waals surface area contributed by atoms with Crippen molar-refractivity contribution in [2.45, 2.75) is 58.4 Å². The summed E-state index contributed by atoms with van der Waals surface area (Å²) >= 11 is 0. The molecular formula is C12H23NO. The van der Waals surface area contributed by atoms with Crippen molar-refractivity contribution in [3.8, 4) is 0 Å². The van der Waals surface area contributed by atoms with E-state index in [-0.39, 0.29) is 11.0 Å². The summed E-state index contributed by atoms with van der Waals surface area (Å²) in [7, 11) is 0. The highest BCUT2D eigenvalue weighted by Gasteiger charge is 2.28. The first-order valence-corrected chi connectivity index (χ1v) is 5.69. The second-order valence-corrected chi connectivity index (χ2v) is 5.58. The Morgan fingerprint density at radius 2 is 1.86 bits per heavy atom. The van der Waals surface area contributed by atoms with Gasteiger partial charge in [-0.05, 0) is 19.8 Å². The summed E-state index contributed by atoms with van der Waals surface area (Å²) in [6, 6.07) is 0. The largest absolute Gasteiger partial charge is 0.311 e. The van der Waals surface area contributed by atoms with Crippen molar-refractivity contribution in [3.63, 3.8) is 0 Å². The minimum Gasteiger partial charge on any atom is -0.311 e. The molecule has 0 aromatic rings. The lowest BCUT2D eigenvalue weighted by Crippen LogP contribution is -2.48. The van der Waals surface area contributed by atoms with E-state index in [1.807, 2.05) is 13.8 Å². The Balaban J connectivity index is 2.39. The van der Waals surface area contributed by atoms with E-state index in [0.29, 0.717) is 0 Å². The van der Waals surface area contributed by atoms with Crippen LogP contribution in [0.3, 0.4) is 0 Å². The molecule has 0 amide bonds. The summed E-state index contributed by atoms with van der Waals surface area (Å²) < 4.78 is 0. The number of hydrogen-bond acceptors (Lipinski definition) is 2. The molecule has 1 fully saturated rings. The van der Waals surface area contributed by atoms with Gasteiger partial charge in [-0.2, -0.15) is 0 Å². The Kier molecular flexibility index (Phi) is 3.71. The summed E-state index contributed by atoms with van der Waals surface area (Å²) in [5.74, 6) is 0. The fourth-order valence-corrected chi connectivity index (χ4v) is 1.99. The van der Waals surface area contributed by atoms with Crippen molar-refractivity contribution in [1.29, 1.82) is 0 Å². The first-order chi connectivity index (χ1) is 6.47. The highest BCUT2D eigenvalue weighted by atomic mass is 16.1. The molecule has 0 unspecified atom stereocenters. The van der Waals surface area contributed by atoms with Crippen molar-refractivity contribution in [3.05, 3.63) is 0 Å². The maximum Gasteiger partial charge on any atom is 0.126 e. The third-order valence-corrected chi connectivity index (χ3v) is 3.25. The standard InChI is InChI=1S/C12H23NO/c1-11(2,10-14)9-13-12(3)7-5-4-6-8-12/h10,13H,4-9H2,1-3H3. The molecule has 0 spiro atoms. The van der Waals surface area contributed by atoms with Crippen molar-refractivity contribution >= 4 is 6.29 Å². The van der Waals surface area contributed by atoms with Gasteiger partial charge in [0.1, 0.15) is 6.29 Å². The van der Waals surface area contributed by atoms with Gasteiger partial charge in [-0.3, -0.25) is 0 Å². The number of carbonyl (C=O) groups excluding carboxylic acids is 1. The second kappa shape index (κ2) is 4.43. The predicted molar refractivity (Wildman–Crippen MR) is 59.3 cm³/mol. The molecule has 1 N–H and O–H groups in total. The first kappa shape index (κ1) is 11.7. The molecular weight excluding hydrogens is 174 g/mol. The Morgan fingerprint density at radius 1 is 1.29 bits per heavy atom. The van der Waals surface area contributed by atoms with Gasteiger partial charge in [0, 0.05) is 17.5 Å². The Bertz CT molecular complexity index is 192. The van der Waals surface area contributed by atoms with Gasteiger partial charge in [-0.15, -0.1) is 0 Å². The minimum absolute atomic E-state index is 0.222. The van der Waals surface area contributed by atoms with Gasteiger partial charge in [-0.1, -0.05) is 33.1 Å². The lowest BCUT2D eigenvalue weighted by molar-refractivity contribution is -0.114. The SMILES string of the molecule is CC(C)(C=O)CNC1(C)CCCCC1. The second-order valence-electron chi connectivity index (χ2n) is 5.58. The molecule has 14 heavy (non-hydrogen) atoms. The van der Waals surface area contributed by atoms with Gasteiger partial charge in [0.15, 0.2) is 0 Å². The van der Waals surface area contributed by atoms with Gasteiger partial charge < -0.3 is 10.1 Å². The zero-order valence-corrected chi connectivity index (χ0v) is 9.73. The maximum atomic E-state index is 10.8. The van der Waals surface area contributed by atoms with Crippen molar-refractivity contribution < 1.29 is 4.79 Å². The molecule has 1 aliphatic rings. The zero-order chi connectivity index (χ0) is 10.7. The third-order valence-electron chi connectivity index (χ3n) is 3.25. The highest BCUT2D eigenvalue weighted by Crippen LogP contribution is 2.28. The van der Waals surface area contributed by atoms with Crippen LogP contribution in [-0.4, -0.2) is 18.4 Å². The first-order valence-electron chi connectivity index (χ1n) is 5.69. The Morgan fingerprint density at radius 3 is 2.36 bits per heavy atom. The fourth-order valence-electron chi connectivity index (χ4n) is 1.99. The monoisotopic (exact) mass is 197 g/mol. The molecule has 2 heteroatoms. The lowest BCUT2D eigenvalue weighted by Gasteiger charge is -2.36. The van der Waals surface area contributed by atoms with E-state index in [1.54, 1.807) is 0 Å². The molecule has 0 bridgehead atoms. The van der Waals surface area contributed by atoms with Crippen LogP contribution >= 0.6 is 0 Å². The van der Waals surface area contributed by atoms with Gasteiger partial charge in [-0.25, -0.2) is 0 Å². The lowest BCUT2D eigenvalue weighted by atomic mass is 9.82. The summed E-state index contributed by atoms with van der Waals surface area (Å²) in [4.78, 5) is 10.8. The van der Waals surface area contributed by atoms with Crippen molar-refractivity contribution in [2.75, 3.05) is 6.54 Å². The van der Waals surface area contributed by atoms with E-state index >= 15 is 0 Å². The molecule has 82 valence electrons. The van der Waals surface area contributed by atoms with Crippen LogP contribution < -0.4 is 5.32 Å². The van der Waals surface area contributed by atoms with Crippen LogP contribution in [0.1, 0.15) is 52.9 Å². The normalized spacial score (nSPS) is 21.9. The molecule has 0 atom stereocenters. The highest BCUT2D eigenvalue weighted by molar-refractivity contribution is 5.58. The van der Waals surface area contributed by atoms with Crippen LogP contribution in [0.5, 0.6) is 0 Å². The van der Waals surface area contributed by atoms with Crippen molar-refractivity contribution in [2.24, 2.45) is 5.41 Å². The van der Waals surface area contributed by atoms with E-state index in [0.717, 1.165) is 12.8 Å². The van der Waals surface area contributed by atoms with E-state index in [2.05, 4.69) is 12.2 Å². The topological polar surface area (TPSA) is 29.1 Å². The molecule has 0 aliphatic heterocycles. The van der Waals surface area contributed by atoms with Gasteiger partial charge >= 0.3 is 0 Å². The summed E-state index contributed by atoms with van der Waals surface area (Å²) in [6.45, 7) is 7.05. The van der Waals surface area contributed by atoms with Crippen LogP contribution in [0, 0.1) is 5.41 Å². The Hall–Kier alpha value is -0.370. The van der Waals surface area contributed by atoms with Crippen LogP contribution in [0.15, 0.2) is 0 Å². The summed E-state index contributed by atoms with van der Waals surface area (Å²) in [6.07, 6.45) is 7.57. The van der Waals surface area contributed by atoms with Crippen LogP contribution in [0.2, 0.25) is 0 Å². The van der Waals surface area contributed by atoms with Crippen LogP contribution in [-0.2, 0) is 4.79 Å². The summed E-state index contributed by atoms with van der Waals surface area (Å²) in [5, 5.41) is 3.56. The van der Waals surface area contributed by atoms with Gasteiger partial charge in [0.25, 0.3) is 0 Å². The molecule has 0 heterocycles. The minimum atomic E-state index is -0.222. The molecule has 1 saturated carbocycles. The quantitative estimate of drug-likeness (QED) is 0.702. The molecule has 0 saturated heterocycles. The summed E-state index contributed by atoms with van der Waals surface area (Å²) in [5.41, 5.74) is 0.0546. The number of nitrogens with one attached hydrogen (secondary N) is 1. The zero-order valence-electron chi connectivity index (χ0n) is 9.73. The fraction of sp³-hybridized carbons (Fsp3) is 0.917. The average molecular weight is 197 g/mol. The number of aldehydes is 1. The van der Waals surface area contributed by atoms with Crippen LogP contribution in [0.4, 0.5) is 0 Å². The van der Waals surface area contributed by atoms with E-state index < -0.39 is 0 Å². The molecule has 1 rings (SSSR count). The molecule has 0 radical (unpaired) electrons. The molecule has 0 aromatic carbocycles. The van der Waals surface area contributed by atoms with E-state index in [1.165, 1.54) is 32.1 Å². The van der Waals surface area contributed by atoms with E-state index in [4.69, 9.17) is 0 Å². The van der Waals surface area contributed by atoms with Crippen molar-refractivity contribution in [1.82, 2.24) is 5.32 Å². The Labute approximate surface area is 87.5 Å². The van der Waals surface area contributed by atoms with Gasteiger partial charge in [0.2, 0.25) is 0 Å². The number of rotatable bonds is 4. The van der Waals surface area contributed by atoms with E-state index in [9.17, 15) is 4.79 Å². The third kappa shape index (κ3) is 3.41. The molecule has 2 nitrogen and oxygen atoms in total. The molecule has 0 aromatic heterocycles. The average Bonchev–Trinajstić information content (AvgIpc) is 2.17.